The first-order valence-corrected chi connectivity index (χ1v) is 6.16. The van der Waals surface area contributed by atoms with Gasteiger partial charge < -0.3 is 30.2 Å². The molecule has 18 heavy (non-hydrogen) atoms. The number of nitrogens with one attached hydrogen (secondary N) is 1. The van der Waals surface area contributed by atoms with E-state index in [1.54, 1.807) is 0 Å². The van der Waals surface area contributed by atoms with Crippen LogP contribution in [0, 0.1) is 0 Å². The van der Waals surface area contributed by atoms with Crippen molar-refractivity contribution < 1.29 is 51.4 Å². The van der Waals surface area contributed by atoms with Gasteiger partial charge in [0.15, 0.2) is 0 Å². The zero-order valence-corrected chi connectivity index (χ0v) is 14.9. The molecule has 0 saturated carbocycles. The summed E-state index contributed by atoms with van der Waals surface area (Å²) in [6, 6.07) is 20.3. The van der Waals surface area contributed by atoms with E-state index in [2.05, 4.69) is 29.6 Å². The quantitative estimate of drug-likeness (QED) is 0.494. The van der Waals surface area contributed by atoms with Crippen LogP contribution >= 0.6 is 12.2 Å². The molecule has 0 aliphatic heterocycles. The van der Waals surface area contributed by atoms with Gasteiger partial charge >= 0.3 is 51.4 Å². The van der Waals surface area contributed by atoms with Gasteiger partial charge in [0.2, 0.25) is 0 Å². The summed E-state index contributed by atoms with van der Waals surface area (Å²) in [4.78, 5) is 0. The molecular weight excluding hydrogens is 285 g/mol. The molecule has 1 nitrogen and oxygen atoms in total. The molecule has 0 aliphatic rings. The van der Waals surface area contributed by atoms with Gasteiger partial charge in [-0.05, 0) is 11.1 Å². The minimum atomic E-state index is 0. The van der Waals surface area contributed by atoms with Crippen molar-refractivity contribution in [1.29, 1.82) is 0 Å². The fourth-order valence-electron chi connectivity index (χ4n) is 1.77. The maximum absolute atomic E-state index is 4.98. The number of hydrogen-bond donors (Lipinski definition) is 1. The van der Waals surface area contributed by atoms with E-state index in [4.69, 9.17) is 24.8 Å². The molecule has 0 radical (unpaired) electrons. The minimum absolute atomic E-state index is 0. The van der Waals surface area contributed by atoms with E-state index in [0.29, 0.717) is 4.32 Å². The first-order chi connectivity index (χ1) is 8.27. The van der Waals surface area contributed by atoms with Crippen LogP contribution in [-0.4, -0.2) is 4.32 Å². The molecule has 0 amide bonds. The molecule has 0 fully saturated rings. The summed E-state index contributed by atoms with van der Waals surface area (Å²) in [5.74, 6) is 0. The Morgan fingerprint density at radius 1 is 0.889 bits per heavy atom. The molecule has 0 unspecified atom stereocenters. The van der Waals surface area contributed by atoms with Crippen LogP contribution in [0.3, 0.4) is 0 Å². The van der Waals surface area contributed by atoms with Crippen molar-refractivity contribution in [1.82, 2.24) is 5.32 Å². The summed E-state index contributed by atoms with van der Waals surface area (Å²) >= 11 is 9.95. The van der Waals surface area contributed by atoms with E-state index >= 15 is 0 Å². The molecule has 0 aromatic heterocycles. The third-order valence-electron chi connectivity index (χ3n) is 2.53. The molecule has 2 rings (SSSR count). The summed E-state index contributed by atoms with van der Waals surface area (Å²) in [7, 11) is 0. The summed E-state index contributed by atoms with van der Waals surface area (Å²) < 4.78 is 0.391. The molecule has 2 aromatic carbocycles. The van der Waals surface area contributed by atoms with E-state index in [9.17, 15) is 0 Å². The fourth-order valence-corrected chi connectivity index (χ4v) is 2.00. The summed E-state index contributed by atoms with van der Waals surface area (Å²) in [6.07, 6.45) is 0. The van der Waals surface area contributed by atoms with Crippen molar-refractivity contribution in [3.05, 3.63) is 71.8 Å². The number of thiocarbonyl (C=S) groups is 1. The molecular formula is C14H12KNS2. The smallest absolute Gasteiger partial charge is 0.412 e. The largest absolute Gasteiger partial charge is 1.00 e. The van der Waals surface area contributed by atoms with Gasteiger partial charge in [-0.15, -0.1) is 0 Å². The van der Waals surface area contributed by atoms with Gasteiger partial charge in [-0.25, -0.2) is 0 Å². The van der Waals surface area contributed by atoms with Crippen LogP contribution in [0.15, 0.2) is 60.7 Å². The molecule has 0 atom stereocenters. The van der Waals surface area contributed by atoms with E-state index < -0.39 is 0 Å². The standard InChI is InChI=1S/C14H13NS2.K/c16-14(17)15-13(11-7-3-1-4-8-11)12-9-5-2-6-10-12;/h1-10,13H,(H2,15,16,17);/q;+1/p-1. The Labute approximate surface area is 161 Å². The van der Waals surface area contributed by atoms with E-state index in [1.807, 2.05) is 36.4 Å². The van der Waals surface area contributed by atoms with Gasteiger partial charge in [0.25, 0.3) is 0 Å². The Bertz CT molecular complexity index is 448. The predicted molar refractivity (Wildman–Crippen MR) is 77.8 cm³/mol. The predicted octanol–water partition coefficient (Wildman–Crippen LogP) is 0.201. The SMILES string of the molecule is S=C([S-])NC(c1ccccc1)c1ccccc1.[K+]. The normalized spacial score (nSPS) is 9.61. The Balaban J connectivity index is 0.00000162. The van der Waals surface area contributed by atoms with Gasteiger partial charge in [0.1, 0.15) is 0 Å². The summed E-state index contributed by atoms with van der Waals surface area (Å²) in [5.41, 5.74) is 2.32. The first-order valence-electron chi connectivity index (χ1n) is 5.35. The first kappa shape index (κ1) is 16.2. The van der Waals surface area contributed by atoms with Crippen molar-refractivity contribution in [2.75, 3.05) is 0 Å². The molecule has 4 heteroatoms. The van der Waals surface area contributed by atoms with Crippen molar-refractivity contribution in [2.45, 2.75) is 6.04 Å². The Hall–Kier alpha value is 0.186. The zero-order valence-electron chi connectivity index (χ0n) is 10.2. The van der Waals surface area contributed by atoms with Crippen LogP contribution in [0.4, 0.5) is 0 Å². The van der Waals surface area contributed by atoms with Gasteiger partial charge in [0, 0.05) is 0 Å². The molecule has 0 heterocycles. The number of hydrogen-bond acceptors (Lipinski definition) is 2. The van der Waals surface area contributed by atoms with E-state index in [1.165, 1.54) is 0 Å². The van der Waals surface area contributed by atoms with Gasteiger partial charge in [-0.1, -0.05) is 65.0 Å². The topological polar surface area (TPSA) is 12.0 Å². The maximum atomic E-state index is 4.98. The van der Waals surface area contributed by atoms with E-state index in [-0.39, 0.29) is 57.4 Å². The molecule has 86 valence electrons. The third kappa shape index (κ3) is 4.70. The van der Waals surface area contributed by atoms with Crippen LogP contribution in [0.2, 0.25) is 0 Å². The van der Waals surface area contributed by atoms with Crippen LogP contribution < -0.4 is 56.7 Å². The second-order valence-electron chi connectivity index (χ2n) is 3.69. The van der Waals surface area contributed by atoms with Crippen LogP contribution in [-0.2, 0) is 12.6 Å². The molecule has 0 saturated heterocycles. The number of benzene rings is 2. The molecule has 1 N–H and O–H groups in total. The third-order valence-corrected chi connectivity index (χ3v) is 2.76. The molecule has 2 aromatic rings. The zero-order chi connectivity index (χ0) is 12.1. The average molecular weight is 297 g/mol. The van der Waals surface area contributed by atoms with Crippen molar-refractivity contribution in [3.63, 3.8) is 0 Å². The fraction of sp³-hybridized carbons (Fsp3) is 0.0714. The second kappa shape index (κ2) is 8.38. The van der Waals surface area contributed by atoms with Gasteiger partial charge in [0.05, 0.1) is 6.04 Å². The Morgan fingerprint density at radius 2 is 1.28 bits per heavy atom. The van der Waals surface area contributed by atoms with Crippen LogP contribution in [0.25, 0.3) is 0 Å². The summed E-state index contributed by atoms with van der Waals surface area (Å²) in [5, 5.41) is 3.16. The van der Waals surface area contributed by atoms with Crippen LogP contribution in [0.1, 0.15) is 17.2 Å². The maximum Gasteiger partial charge on any atom is 1.00 e. The average Bonchev–Trinajstić information content (AvgIpc) is 2.38. The van der Waals surface area contributed by atoms with Gasteiger partial charge in [-0.2, -0.15) is 0 Å². The Morgan fingerprint density at radius 3 is 1.61 bits per heavy atom. The van der Waals surface area contributed by atoms with Crippen molar-refractivity contribution in [3.8, 4) is 0 Å². The van der Waals surface area contributed by atoms with Crippen molar-refractivity contribution >= 4 is 29.2 Å². The summed E-state index contributed by atoms with van der Waals surface area (Å²) in [6.45, 7) is 0. The van der Waals surface area contributed by atoms with Crippen molar-refractivity contribution in [2.24, 2.45) is 0 Å². The number of rotatable bonds is 3. The minimum Gasteiger partial charge on any atom is -0.412 e. The van der Waals surface area contributed by atoms with E-state index in [0.717, 1.165) is 11.1 Å². The van der Waals surface area contributed by atoms with Crippen LogP contribution in [0.5, 0.6) is 0 Å². The Kier molecular flexibility index (Phi) is 7.56. The molecule has 0 aliphatic carbocycles. The second-order valence-corrected chi connectivity index (χ2v) is 4.76. The molecule has 0 bridgehead atoms. The monoisotopic (exact) mass is 297 g/mol. The van der Waals surface area contributed by atoms with Gasteiger partial charge in [-0.3, -0.25) is 0 Å². The molecule has 0 spiro atoms.